The van der Waals surface area contributed by atoms with Crippen LogP contribution in [0.5, 0.6) is 5.88 Å². The zero-order chi connectivity index (χ0) is 11.3. The standard InChI is InChI=1S/C11H18N2O2/c1-9(2)13(6-7-14)10-4-5-12-11(8-10)15-3/h4-5,8-9,14H,6-7H2,1-3H3. The highest BCUT2D eigenvalue weighted by Gasteiger charge is 2.10. The lowest BCUT2D eigenvalue weighted by Gasteiger charge is -2.28. The summed E-state index contributed by atoms with van der Waals surface area (Å²) in [6, 6.07) is 4.12. The van der Waals surface area contributed by atoms with Gasteiger partial charge in [0.25, 0.3) is 0 Å². The third-order valence-corrected chi connectivity index (χ3v) is 2.22. The highest BCUT2D eigenvalue weighted by atomic mass is 16.5. The molecular formula is C11H18N2O2. The fourth-order valence-corrected chi connectivity index (χ4v) is 1.48. The Kier molecular flexibility index (Phi) is 4.37. The minimum absolute atomic E-state index is 0.142. The number of hydrogen-bond donors (Lipinski definition) is 1. The van der Waals surface area contributed by atoms with E-state index in [0.29, 0.717) is 18.5 Å². The predicted octanol–water partition coefficient (Wildman–Crippen LogP) is 1.30. The molecule has 0 unspecified atom stereocenters. The summed E-state index contributed by atoms with van der Waals surface area (Å²) in [5.74, 6) is 0.594. The average molecular weight is 210 g/mol. The van der Waals surface area contributed by atoms with Crippen molar-refractivity contribution in [2.75, 3.05) is 25.2 Å². The van der Waals surface area contributed by atoms with Gasteiger partial charge in [-0.05, 0) is 19.9 Å². The van der Waals surface area contributed by atoms with E-state index in [-0.39, 0.29) is 6.61 Å². The van der Waals surface area contributed by atoms with Gasteiger partial charge in [-0.25, -0.2) is 4.98 Å². The first-order valence-corrected chi connectivity index (χ1v) is 5.06. The average Bonchev–Trinajstić information content (AvgIpc) is 2.25. The highest BCUT2D eigenvalue weighted by Crippen LogP contribution is 2.20. The summed E-state index contributed by atoms with van der Waals surface area (Å²) in [7, 11) is 1.60. The zero-order valence-electron chi connectivity index (χ0n) is 9.47. The van der Waals surface area contributed by atoms with Crippen LogP contribution in [0.3, 0.4) is 0 Å². The summed E-state index contributed by atoms with van der Waals surface area (Å²) in [6.45, 7) is 4.93. The van der Waals surface area contributed by atoms with Crippen LogP contribution in [0.1, 0.15) is 13.8 Å². The molecule has 1 aromatic heterocycles. The van der Waals surface area contributed by atoms with Gasteiger partial charge in [-0.15, -0.1) is 0 Å². The molecular weight excluding hydrogens is 192 g/mol. The molecule has 0 saturated heterocycles. The summed E-state index contributed by atoms with van der Waals surface area (Å²) in [4.78, 5) is 6.15. The van der Waals surface area contributed by atoms with Crippen LogP contribution < -0.4 is 9.64 Å². The maximum absolute atomic E-state index is 8.98. The minimum atomic E-state index is 0.142. The fourth-order valence-electron chi connectivity index (χ4n) is 1.48. The van der Waals surface area contributed by atoms with Crippen molar-refractivity contribution in [1.82, 2.24) is 4.98 Å². The number of aromatic nitrogens is 1. The smallest absolute Gasteiger partial charge is 0.214 e. The van der Waals surface area contributed by atoms with E-state index in [9.17, 15) is 0 Å². The van der Waals surface area contributed by atoms with Gasteiger partial charge < -0.3 is 14.7 Å². The monoisotopic (exact) mass is 210 g/mol. The van der Waals surface area contributed by atoms with Gasteiger partial charge in [-0.1, -0.05) is 0 Å². The molecule has 4 heteroatoms. The van der Waals surface area contributed by atoms with Gasteiger partial charge in [0.05, 0.1) is 13.7 Å². The van der Waals surface area contributed by atoms with E-state index in [1.54, 1.807) is 13.3 Å². The van der Waals surface area contributed by atoms with Gasteiger partial charge in [0.15, 0.2) is 0 Å². The van der Waals surface area contributed by atoms with Crippen molar-refractivity contribution in [2.24, 2.45) is 0 Å². The largest absolute Gasteiger partial charge is 0.481 e. The number of methoxy groups -OCH3 is 1. The number of anilines is 1. The SMILES string of the molecule is COc1cc(N(CCO)C(C)C)ccn1. The van der Waals surface area contributed by atoms with E-state index in [1.165, 1.54) is 0 Å². The zero-order valence-corrected chi connectivity index (χ0v) is 9.47. The van der Waals surface area contributed by atoms with Gasteiger partial charge >= 0.3 is 0 Å². The minimum Gasteiger partial charge on any atom is -0.481 e. The van der Waals surface area contributed by atoms with Crippen LogP contribution in [-0.4, -0.2) is 36.4 Å². The topological polar surface area (TPSA) is 45.6 Å². The Morgan fingerprint density at radius 3 is 2.80 bits per heavy atom. The molecule has 0 aromatic carbocycles. The maximum atomic E-state index is 8.98. The van der Waals surface area contributed by atoms with Crippen molar-refractivity contribution in [2.45, 2.75) is 19.9 Å². The van der Waals surface area contributed by atoms with Crippen LogP contribution in [-0.2, 0) is 0 Å². The third kappa shape index (κ3) is 3.09. The number of aliphatic hydroxyl groups excluding tert-OH is 1. The van der Waals surface area contributed by atoms with Gasteiger partial charge in [-0.2, -0.15) is 0 Å². The molecule has 0 aliphatic carbocycles. The molecule has 0 fully saturated rings. The molecule has 1 aromatic rings. The van der Waals surface area contributed by atoms with E-state index in [1.807, 2.05) is 12.1 Å². The first-order chi connectivity index (χ1) is 7.19. The molecule has 0 aliphatic heterocycles. The summed E-state index contributed by atoms with van der Waals surface area (Å²) in [5.41, 5.74) is 1.02. The van der Waals surface area contributed by atoms with Crippen molar-refractivity contribution < 1.29 is 9.84 Å². The number of pyridine rings is 1. The molecule has 4 nitrogen and oxygen atoms in total. The van der Waals surface area contributed by atoms with Crippen molar-refractivity contribution in [1.29, 1.82) is 0 Å². The molecule has 0 amide bonds. The molecule has 0 spiro atoms. The van der Waals surface area contributed by atoms with Gasteiger partial charge in [0.1, 0.15) is 0 Å². The van der Waals surface area contributed by atoms with Crippen LogP contribution in [0.2, 0.25) is 0 Å². The Labute approximate surface area is 90.5 Å². The summed E-state index contributed by atoms with van der Waals surface area (Å²) in [6.07, 6.45) is 1.71. The summed E-state index contributed by atoms with van der Waals surface area (Å²) >= 11 is 0. The van der Waals surface area contributed by atoms with Crippen molar-refractivity contribution in [3.05, 3.63) is 18.3 Å². The first-order valence-electron chi connectivity index (χ1n) is 5.06. The Morgan fingerprint density at radius 1 is 1.53 bits per heavy atom. The second kappa shape index (κ2) is 5.56. The Morgan fingerprint density at radius 2 is 2.27 bits per heavy atom. The molecule has 84 valence electrons. The van der Waals surface area contributed by atoms with Crippen molar-refractivity contribution >= 4 is 5.69 Å². The Balaban J connectivity index is 2.89. The van der Waals surface area contributed by atoms with Crippen LogP contribution in [0.15, 0.2) is 18.3 Å². The summed E-state index contributed by atoms with van der Waals surface area (Å²) < 4.78 is 5.06. The van der Waals surface area contributed by atoms with Gasteiger partial charge in [0.2, 0.25) is 5.88 Å². The highest BCUT2D eigenvalue weighted by molar-refractivity contribution is 5.48. The lowest BCUT2D eigenvalue weighted by molar-refractivity contribution is 0.299. The fraction of sp³-hybridized carbons (Fsp3) is 0.545. The number of ether oxygens (including phenoxy) is 1. The molecule has 0 radical (unpaired) electrons. The van der Waals surface area contributed by atoms with Gasteiger partial charge in [0, 0.05) is 30.5 Å². The molecule has 1 heterocycles. The maximum Gasteiger partial charge on any atom is 0.214 e. The van der Waals surface area contributed by atoms with E-state index < -0.39 is 0 Å². The quantitative estimate of drug-likeness (QED) is 0.795. The number of rotatable bonds is 5. The molecule has 0 bridgehead atoms. The van der Waals surface area contributed by atoms with Crippen LogP contribution in [0.4, 0.5) is 5.69 Å². The molecule has 1 rings (SSSR count). The molecule has 15 heavy (non-hydrogen) atoms. The number of hydrogen-bond acceptors (Lipinski definition) is 4. The van der Waals surface area contributed by atoms with Crippen molar-refractivity contribution in [3.63, 3.8) is 0 Å². The summed E-state index contributed by atoms with van der Waals surface area (Å²) in [5, 5.41) is 8.98. The Hall–Kier alpha value is -1.29. The predicted molar refractivity (Wildman–Crippen MR) is 60.4 cm³/mol. The lowest BCUT2D eigenvalue weighted by Crippen LogP contribution is -2.33. The van der Waals surface area contributed by atoms with E-state index in [0.717, 1.165) is 5.69 Å². The number of nitrogens with zero attached hydrogens (tertiary/aromatic N) is 2. The van der Waals surface area contributed by atoms with E-state index in [2.05, 4.69) is 23.7 Å². The van der Waals surface area contributed by atoms with E-state index in [4.69, 9.17) is 9.84 Å². The van der Waals surface area contributed by atoms with Crippen molar-refractivity contribution in [3.8, 4) is 5.88 Å². The van der Waals surface area contributed by atoms with Gasteiger partial charge in [-0.3, -0.25) is 0 Å². The molecule has 0 aliphatic rings. The first kappa shape index (κ1) is 11.8. The van der Waals surface area contributed by atoms with E-state index >= 15 is 0 Å². The second-order valence-electron chi connectivity index (χ2n) is 3.57. The molecule has 1 N–H and O–H groups in total. The second-order valence-corrected chi connectivity index (χ2v) is 3.57. The lowest BCUT2D eigenvalue weighted by atomic mass is 10.2. The van der Waals surface area contributed by atoms with Crippen LogP contribution >= 0.6 is 0 Å². The number of aliphatic hydroxyl groups is 1. The third-order valence-electron chi connectivity index (χ3n) is 2.22. The van der Waals surface area contributed by atoms with Crippen LogP contribution in [0, 0.1) is 0 Å². The Bertz CT molecular complexity index is 302. The molecule has 0 atom stereocenters. The molecule has 0 saturated carbocycles. The van der Waals surface area contributed by atoms with Crippen LogP contribution in [0.25, 0.3) is 0 Å². The normalized spacial score (nSPS) is 10.5.